The molecule has 1 heterocycles. The predicted octanol–water partition coefficient (Wildman–Crippen LogP) is 1.84. The highest BCUT2D eigenvalue weighted by Crippen LogP contribution is 2.42. The third-order valence-electron chi connectivity index (χ3n) is 2.71. The molecule has 0 spiro atoms. The zero-order valence-corrected chi connectivity index (χ0v) is 8.42. The molecule has 0 fully saturated rings. The van der Waals surface area contributed by atoms with Crippen molar-refractivity contribution in [2.45, 2.75) is 5.97 Å². The second-order valence-electron chi connectivity index (χ2n) is 3.75. The summed E-state index contributed by atoms with van der Waals surface area (Å²) < 4.78 is 5.16. The average Bonchev–Trinajstić information content (AvgIpc) is 2.29. The van der Waals surface area contributed by atoms with Crippen molar-refractivity contribution in [3.8, 4) is 16.9 Å². The van der Waals surface area contributed by atoms with Crippen LogP contribution in [0.5, 0.6) is 5.75 Å². The Morgan fingerprint density at radius 1 is 0.812 bits per heavy atom. The number of benzene rings is 2. The van der Waals surface area contributed by atoms with Crippen LogP contribution in [-0.4, -0.2) is 10.2 Å². The van der Waals surface area contributed by atoms with Gasteiger partial charge in [0.1, 0.15) is 5.75 Å². The molecule has 0 bridgehead atoms. The van der Waals surface area contributed by atoms with Crippen LogP contribution in [0.4, 0.5) is 0 Å². The van der Waals surface area contributed by atoms with Crippen LogP contribution < -0.4 is 4.74 Å². The molecule has 0 aromatic heterocycles. The van der Waals surface area contributed by atoms with E-state index in [1.165, 1.54) is 0 Å². The van der Waals surface area contributed by atoms with Crippen LogP contribution in [0, 0.1) is 0 Å². The van der Waals surface area contributed by atoms with E-state index in [0.717, 1.165) is 11.1 Å². The molecule has 3 heteroatoms. The second kappa shape index (κ2) is 3.07. The highest BCUT2D eigenvalue weighted by molar-refractivity contribution is 5.75. The van der Waals surface area contributed by atoms with Crippen molar-refractivity contribution in [3.63, 3.8) is 0 Å². The quantitative estimate of drug-likeness (QED) is 0.658. The van der Waals surface area contributed by atoms with Gasteiger partial charge in [-0.25, -0.2) is 0 Å². The van der Waals surface area contributed by atoms with Gasteiger partial charge in [0.05, 0.1) is 5.56 Å². The van der Waals surface area contributed by atoms with Gasteiger partial charge in [0.15, 0.2) is 0 Å². The summed E-state index contributed by atoms with van der Waals surface area (Å²) in [6.07, 6.45) is 0. The average molecular weight is 214 g/mol. The van der Waals surface area contributed by atoms with Crippen molar-refractivity contribution in [1.82, 2.24) is 0 Å². The van der Waals surface area contributed by atoms with Gasteiger partial charge < -0.3 is 14.9 Å². The SMILES string of the molecule is OC1(O)Oc2ccccc2-c2ccccc21. The molecule has 3 nitrogen and oxygen atoms in total. The minimum absolute atomic E-state index is 0.369. The summed E-state index contributed by atoms with van der Waals surface area (Å²) in [5.74, 6) is -1.77. The van der Waals surface area contributed by atoms with Crippen LogP contribution in [0.25, 0.3) is 11.1 Å². The van der Waals surface area contributed by atoms with Gasteiger partial charge in [-0.3, -0.25) is 0 Å². The van der Waals surface area contributed by atoms with Gasteiger partial charge in [-0.2, -0.15) is 0 Å². The second-order valence-corrected chi connectivity index (χ2v) is 3.75. The molecular weight excluding hydrogens is 204 g/mol. The van der Waals surface area contributed by atoms with Gasteiger partial charge in [0, 0.05) is 5.56 Å². The van der Waals surface area contributed by atoms with Crippen molar-refractivity contribution in [2.75, 3.05) is 0 Å². The molecule has 0 saturated heterocycles. The molecule has 0 radical (unpaired) electrons. The summed E-state index contributed by atoms with van der Waals surface area (Å²) in [6.45, 7) is 0. The Bertz CT molecular complexity index is 546. The third kappa shape index (κ3) is 1.23. The zero-order valence-electron chi connectivity index (χ0n) is 8.42. The summed E-state index contributed by atoms with van der Waals surface area (Å²) in [7, 11) is 0. The lowest BCUT2D eigenvalue weighted by Crippen LogP contribution is -2.35. The van der Waals surface area contributed by atoms with E-state index in [4.69, 9.17) is 4.74 Å². The van der Waals surface area contributed by atoms with E-state index in [1.54, 1.807) is 24.3 Å². The largest absolute Gasteiger partial charge is 0.435 e. The van der Waals surface area contributed by atoms with E-state index in [1.807, 2.05) is 24.3 Å². The topological polar surface area (TPSA) is 49.7 Å². The summed E-state index contributed by atoms with van der Waals surface area (Å²) in [5.41, 5.74) is 2.03. The van der Waals surface area contributed by atoms with Gasteiger partial charge in [0.25, 0.3) is 0 Å². The standard InChI is InChI=1S/C13H10O3/c14-13(15)11-7-3-1-5-9(11)10-6-2-4-8-12(10)16-13/h1-8,14-15H. The van der Waals surface area contributed by atoms with E-state index in [0.29, 0.717) is 11.3 Å². The number of para-hydroxylation sites is 1. The van der Waals surface area contributed by atoms with Gasteiger partial charge in [0.2, 0.25) is 0 Å². The zero-order chi connectivity index (χ0) is 11.2. The number of hydrogen-bond acceptors (Lipinski definition) is 3. The van der Waals surface area contributed by atoms with Crippen molar-refractivity contribution in [1.29, 1.82) is 0 Å². The lowest BCUT2D eigenvalue weighted by Gasteiger charge is -2.31. The van der Waals surface area contributed by atoms with E-state index in [-0.39, 0.29) is 0 Å². The Balaban J connectivity index is 2.33. The minimum atomic E-state index is -2.25. The minimum Gasteiger partial charge on any atom is -0.435 e. The van der Waals surface area contributed by atoms with Gasteiger partial charge in [-0.1, -0.05) is 36.4 Å². The molecule has 0 aliphatic carbocycles. The molecule has 2 aromatic carbocycles. The third-order valence-corrected chi connectivity index (χ3v) is 2.71. The normalized spacial score (nSPS) is 15.9. The first kappa shape index (κ1) is 9.39. The molecule has 16 heavy (non-hydrogen) atoms. The number of ether oxygens (including phenoxy) is 1. The van der Waals surface area contributed by atoms with E-state index in [9.17, 15) is 10.2 Å². The predicted molar refractivity (Wildman–Crippen MR) is 58.6 cm³/mol. The summed E-state index contributed by atoms with van der Waals surface area (Å²) in [4.78, 5) is 0. The van der Waals surface area contributed by atoms with Gasteiger partial charge in [-0.05, 0) is 17.7 Å². The smallest absolute Gasteiger partial charge is 0.351 e. The number of hydrogen-bond donors (Lipinski definition) is 2. The van der Waals surface area contributed by atoms with Crippen LogP contribution in [0.3, 0.4) is 0 Å². The number of fused-ring (bicyclic) bond motifs is 3. The molecule has 1 aliphatic rings. The molecule has 80 valence electrons. The lowest BCUT2D eigenvalue weighted by molar-refractivity contribution is -0.305. The van der Waals surface area contributed by atoms with Gasteiger partial charge >= 0.3 is 5.97 Å². The maximum Gasteiger partial charge on any atom is 0.351 e. The highest BCUT2D eigenvalue weighted by atomic mass is 16.8. The maximum atomic E-state index is 9.81. The van der Waals surface area contributed by atoms with Crippen molar-refractivity contribution < 1.29 is 14.9 Å². The fourth-order valence-electron chi connectivity index (χ4n) is 1.99. The first-order valence-electron chi connectivity index (χ1n) is 5.01. The molecule has 0 saturated carbocycles. The van der Waals surface area contributed by atoms with Crippen LogP contribution in [0.1, 0.15) is 5.56 Å². The molecule has 0 amide bonds. The summed E-state index contributed by atoms with van der Waals surface area (Å²) >= 11 is 0. The summed E-state index contributed by atoms with van der Waals surface area (Å²) in [6, 6.07) is 14.4. The fourth-order valence-corrected chi connectivity index (χ4v) is 1.99. The molecule has 3 rings (SSSR count). The molecular formula is C13H10O3. The summed E-state index contributed by atoms with van der Waals surface area (Å²) in [5, 5.41) is 19.6. The molecule has 0 atom stereocenters. The Kier molecular flexibility index (Phi) is 1.80. The Morgan fingerprint density at radius 2 is 1.44 bits per heavy atom. The first-order valence-corrected chi connectivity index (χ1v) is 5.01. The number of aliphatic hydroxyl groups is 2. The van der Waals surface area contributed by atoms with Crippen LogP contribution in [0.2, 0.25) is 0 Å². The first-order chi connectivity index (χ1) is 7.68. The fraction of sp³-hybridized carbons (Fsp3) is 0.0769. The van der Waals surface area contributed by atoms with E-state index < -0.39 is 5.97 Å². The van der Waals surface area contributed by atoms with E-state index in [2.05, 4.69) is 0 Å². The maximum absolute atomic E-state index is 9.81. The Labute approximate surface area is 92.5 Å². The highest BCUT2D eigenvalue weighted by Gasteiger charge is 2.36. The van der Waals surface area contributed by atoms with Crippen LogP contribution in [0.15, 0.2) is 48.5 Å². The Morgan fingerprint density at radius 3 is 2.25 bits per heavy atom. The number of rotatable bonds is 0. The van der Waals surface area contributed by atoms with Crippen molar-refractivity contribution in [2.24, 2.45) is 0 Å². The molecule has 0 unspecified atom stereocenters. The monoisotopic (exact) mass is 214 g/mol. The Hall–Kier alpha value is -1.84. The lowest BCUT2D eigenvalue weighted by atomic mass is 9.95. The van der Waals surface area contributed by atoms with Crippen LogP contribution >= 0.6 is 0 Å². The molecule has 2 N–H and O–H groups in total. The van der Waals surface area contributed by atoms with E-state index >= 15 is 0 Å². The van der Waals surface area contributed by atoms with Crippen molar-refractivity contribution >= 4 is 0 Å². The van der Waals surface area contributed by atoms with Crippen LogP contribution in [-0.2, 0) is 5.97 Å². The van der Waals surface area contributed by atoms with Gasteiger partial charge in [-0.15, -0.1) is 0 Å². The van der Waals surface area contributed by atoms with Crippen molar-refractivity contribution in [3.05, 3.63) is 54.1 Å². The molecule has 2 aromatic rings. The molecule has 1 aliphatic heterocycles.